The van der Waals surface area contributed by atoms with Gasteiger partial charge in [0.05, 0.1) is 28.1 Å². The Balaban J connectivity index is 0.000000238. The van der Waals surface area contributed by atoms with Crippen LogP contribution in [-0.2, 0) is 31.9 Å². The quantitative estimate of drug-likeness (QED) is 0.112. The second-order valence-electron chi connectivity index (χ2n) is 19.5. The Morgan fingerprint density at radius 2 is 1.41 bits per heavy atom. The van der Waals surface area contributed by atoms with E-state index in [0.29, 0.717) is 11.6 Å². The van der Waals surface area contributed by atoms with E-state index in [1.165, 1.54) is 22.3 Å². The summed E-state index contributed by atoms with van der Waals surface area (Å²) in [5.74, 6) is 8.79. The third kappa shape index (κ3) is 9.51. The third-order valence-corrected chi connectivity index (χ3v) is 16.4. The number of imidazole rings is 1. The maximum absolute atomic E-state index is 6.65. The van der Waals surface area contributed by atoms with E-state index in [0.717, 1.165) is 79.0 Å². The van der Waals surface area contributed by atoms with E-state index in [1.807, 2.05) is 48.5 Å². The molecule has 0 N–H and O–H groups in total. The van der Waals surface area contributed by atoms with Gasteiger partial charge in [-0.05, 0) is 58.5 Å². The van der Waals surface area contributed by atoms with Gasteiger partial charge in [-0.3, -0.25) is 4.98 Å². The van der Waals surface area contributed by atoms with Gasteiger partial charge >= 0.3 is 126 Å². The monoisotopic (exact) mass is 1100 g/mol. The summed E-state index contributed by atoms with van der Waals surface area (Å²) in [6.45, 7) is 13.5. The number of aromatic nitrogens is 4. The molecule has 5 nitrogen and oxygen atoms in total. The Morgan fingerprint density at radius 1 is 0.712 bits per heavy atom. The standard InChI is InChI=1S/C41H32N3O.C18H24GeN.Ir/c1-26-19-21-31(38-37(26)30-22-23-33(43-40(30)45-38)28-15-9-6-10-16-28)39-42-34-17-11-12-18-36(34)44(39)35-24-20-29(25-32(35)41(2,3)4)27-13-7-5-8-14-27;1-14(2)11-16-12-18(15-9-7-6-8-10-15)20-13-17(16)19(3,4)5;/h5-20,22-25H,1-4H3;6-9,12-14H,11H2,1-5H3;/q2*-1;. The van der Waals surface area contributed by atoms with Crippen LogP contribution < -0.4 is 4.40 Å². The zero-order valence-electron chi connectivity index (χ0n) is 39.3. The molecule has 1 radical (unpaired) electrons. The molecule has 0 amide bonds. The fourth-order valence-electron chi connectivity index (χ4n) is 8.86. The first-order chi connectivity index (χ1) is 31.2. The number of furan rings is 1. The molecule has 66 heavy (non-hydrogen) atoms. The Hall–Kier alpha value is -5.92. The molecule has 0 aliphatic carbocycles. The van der Waals surface area contributed by atoms with Gasteiger partial charge < -0.3 is 8.98 Å². The first-order valence-electron chi connectivity index (χ1n) is 22.7. The summed E-state index contributed by atoms with van der Waals surface area (Å²) < 4.78 is 10.5. The van der Waals surface area contributed by atoms with Crippen LogP contribution in [-0.4, -0.2) is 32.8 Å². The summed E-state index contributed by atoms with van der Waals surface area (Å²) >= 11 is -1.86. The number of nitrogens with zero attached hydrogens (tertiary/aromatic N) is 4. The van der Waals surface area contributed by atoms with Crippen molar-refractivity contribution in [2.45, 2.75) is 70.6 Å². The molecule has 0 saturated carbocycles. The summed E-state index contributed by atoms with van der Waals surface area (Å²) in [5.41, 5.74) is 15.4. The van der Waals surface area contributed by atoms with Gasteiger partial charge in [0.2, 0.25) is 5.71 Å². The van der Waals surface area contributed by atoms with E-state index in [9.17, 15) is 0 Å². The van der Waals surface area contributed by atoms with Crippen LogP contribution in [0.2, 0.25) is 17.3 Å². The number of hydrogen-bond acceptors (Lipinski definition) is 4. The van der Waals surface area contributed by atoms with Gasteiger partial charge in [-0.25, -0.2) is 4.98 Å². The molecule has 0 aliphatic rings. The van der Waals surface area contributed by atoms with Crippen LogP contribution in [0, 0.1) is 25.0 Å². The summed E-state index contributed by atoms with van der Waals surface area (Å²) in [7, 11) is 0. The Bertz CT molecular complexity index is 3290. The fourth-order valence-corrected chi connectivity index (χ4v) is 12.2. The predicted molar refractivity (Wildman–Crippen MR) is 275 cm³/mol. The van der Waals surface area contributed by atoms with Gasteiger partial charge in [-0.1, -0.05) is 118 Å². The first-order valence-corrected chi connectivity index (χ1v) is 30.0. The normalized spacial score (nSPS) is 11.8. The van der Waals surface area contributed by atoms with Gasteiger partial charge in [-0.15, -0.1) is 17.7 Å². The molecule has 0 unspecified atom stereocenters. The number of benzene rings is 6. The second-order valence-corrected chi connectivity index (χ2v) is 30.1. The molecule has 10 aromatic rings. The van der Waals surface area contributed by atoms with Gasteiger partial charge in [0.1, 0.15) is 0 Å². The Labute approximate surface area is 406 Å². The van der Waals surface area contributed by atoms with Gasteiger partial charge in [0.15, 0.2) is 0 Å². The first kappa shape index (κ1) is 46.6. The number of para-hydroxylation sites is 2. The second kappa shape index (κ2) is 19.1. The Morgan fingerprint density at radius 3 is 2.09 bits per heavy atom. The topological polar surface area (TPSA) is 56.7 Å². The van der Waals surface area contributed by atoms with Crippen LogP contribution in [0.3, 0.4) is 0 Å². The zero-order chi connectivity index (χ0) is 45.5. The molecule has 4 aromatic heterocycles. The van der Waals surface area contributed by atoms with Gasteiger partial charge in [0, 0.05) is 36.7 Å². The smallest absolute Gasteiger partial charge is 0.216 e. The minimum atomic E-state index is -1.86. The number of pyridine rings is 2. The zero-order valence-corrected chi connectivity index (χ0v) is 43.8. The number of fused-ring (bicyclic) bond motifs is 4. The summed E-state index contributed by atoms with van der Waals surface area (Å²) in [6, 6.07) is 59.3. The summed E-state index contributed by atoms with van der Waals surface area (Å²) in [5, 5.41) is 2.03. The maximum atomic E-state index is 6.65. The van der Waals surface area contributed by atoms with E-state index in [1.54, 1.807) is 4.40 Å². The van der Waals surface area contributed by atoms with Crippen molar-refractivity contribution in [2.75, 3.05) is 0 Å². The summed E-state index contributed by atoms with van der Waals surface area (Å²) in [4.78, 5) is 14.9. The molecule has 6 aromatic carbocycles. The molecular weight excluding hydrogens is 1050 g/mol. The van der Waals surface area contributed by atoms with Crippen LogP contribution in [0.4, 0.5) is 0 Å². The van der Waals surface area contributed by atoms with Crippen LogP contribution in [0.1, 0.15) is 51.3 Å². The average molecular weight is 1100 g/mol. The largest absolute Gasteiger partial charge is 0.486 e. The van der Waals surface area contributed by atoms with Crippen molar-refractivity contribution in [1.29, 1.82) is 0 Å². The third-order valence-electron chi connectivity index (χ3n) is 12.0. The Kier molecular flexibility index (Phi) is 13.5. The van der Waals surface area contributed by atoms with Gasteiger partial charge in [0.25, 0.3) is 0 Å². The van der Waals surface area contributed by atoms with Crippen molar-refractivity contribution in [3.8, 4) is 50.7 Å². The minimum Gasteiger partial charge on any atom is -0.486 e. The minimum absolute atomic E-state index is 0. The molecule has 0 fully saturated rings. The molecular formula is C59H56GeIrN4O-2. The van der Waals surface area contributed by atoms with Crippen LogP contribution >= 0.6 is 0 Å². The van der Waals surface area contributed by atoms with Crippen LogP contribution in [0.25, 0.3) is 83.8 Å². The molecule has 0 saturated heterocycles. The average Bonchev–Trinajstić information content (AvgIpc) is 3.89. The molecule has 333 valence electrons. The van der Waals surface area contributed by atoms with Crippen molar-refractivity contribution < 1.29 is 24.5 Å². The SMILES string of the molecule is CC(C)Cc1cc(-c2[c-]cccc2)nc[c]1[Ge]([CH3])([CH3])[CH3].Cc1c[c-]c(-c2nc3ccccc3n2-c2ccc(-c3ccccc3)cc2C(C)(C)C)c2oc3nc(-c4ccccc4)ccc3c12.[Ir]. The molecule has 0 aliphatic heterocycles. The van der Waals surface area contributed by atoms with Crippen molar-refractivity contribution >= 4 is 50.8 Å². The molecule has 0 atom stereocenters. The molecule has 7 heteroatoms. The van der Waals surface area contributed by atoms with Crippen molar-refractivity contribution in [2.24, 2.45) is 5.92 Å². The molecule has 0 bridgehead atoms. The number of aryl methyl sites for hydroxylation is 1. The molecule has 4 heterocycles. The molecule has 10 rings (SSSR count). The van der Waals surface area contributed by atoms with E-state index < -0.39 is 13.3 Å². The van der Waals surface area contributed by atoms with E-state index >= 15 is 0 Å². The maximum Gasteiger partial charge on any atom is 0.216 e. The van der Waals surface area contributed by atoms with Crippen LogP contribution in [0.5, 0.6) is 0 Å². The van der Waals surface area contributed by atoms with E-state index in [-0.39, 0.29) is 25.5 Å². The fraction of sp³-hybridized carbons (Fsp3) is 0.203. The number of hydrogen-bond donors (Lipinski definition) is 0. The van der Waals surface area contributed by atoms with Crippen molar-refractivity contribution in [3.05, 3.63) is 187 Å². The van der Waals surface area contributed by atoms with E-state index in [4.69, 9.17) is 19.4 Å². The van der Waals surface area contributed by atoms with E-state index in [2.05, 4.69) is 185 Å². The summed E-state index contributed by atoms with van der Waals surface area (Å²) in [6.07, 6.45) is 3.27. The van der Waals surface area contributed by atoms with Crippen molar-refractivity contribution in [1.82, 2.24) is 19.5 Å². The van der Waals surface area contributed by atoms with Crippen LogP contribution in [0.15, 0.2) is 162 Å². The van der Waals surface area contributed by atoms with Gasteiger partial charge in [-0.2, -0.15) is 0 Å². The van der Waals surface area contributed by atoms with Crippen molar-refractivity contribution in [3.63, 3.8) is 0 Å². The molecule has 0 spiro atoms. The number of rotatable bonds is 8. The predicted octanol–water partition coefficient (Wildman–Crippen LogP) is 15.0.